The van der Waals surface area contributed by atoms with Crippen LogP contribution >= 0.6 is 11.8 Å². The summed E-state index contributed by atoms with van der Waals surface area (Å²) in [4.78, 5) is 9.42. The molecule has 0 fully saturated rings. The summed E-state index contributed by atoms with van der Waals surface area (Å²) in [6.07, 6.45) is 2.05. The lowest BCUT2D eigenvalue weighted by atomic mass is 10.1. The number of nitrogens with zero attached hydrogens (tertiary/aromatic N) is 2. The molecule has 0 atom stereocenters. The van der Waals surface area contributed by atoms with Crippen LogP contribution in [0.15, 0.2) is 58.7 Å². The summed E-state index contributed by atoms with van der Waals surface area (Å²) in [7, 11) is 0. The molecule has 106 valence electrons. The largest absolute Gasteiger partial charge is 0.330 e. The predicted octanol–water partition coefficient (Wildman–Crippen LogP) is 3.42. The molecule has 0 aliphatic rings. The highest BCUT2D eigenvalue weighted by Crippen LogP contribution is 2.34. The van der Waals surface area contributed by atoms with E-state index in [-0.39, 0.29) is 5.82 Å². The quantitative estimate of drug-likeness (QED) is 0.750. The van der Waals surface area contributed by atoms with Crippen molar-refractivity contribution in [3.8, 4) is 0 Å². The van der Waals surface area contributed by atoms with Gasteiger partial charge in [0, 0.05) is 15.8 Å². The molecule has 0 amide bonds. The van der Waals surface area contributed by atoms with Crippen LogP contribution in [0.2, 0.25) is 0 Å². The van der Waals surface area contributed by atoms with Gasteiger partial charge in [0.2, 0.25) is 0 Å². The molecule has 1 heterocycles. The Hall–Kier alpha value is -1.98. The molecule has 3 aromatic rings. The van der Waals surface area contributed by atoms with Crippen LogP contribution in [0.25, 0.3) is 10.9 Å². The van der Waals surface area contributed by atoms with Crippen molar-refractivity contribution in [2.75, 3.05) is 6.54 Å². The third-order valence-corrected chi connectivity index (χ3v) is 4.30. The highest BCUT2D eigenvalue weighted by Gasteiger charge is 2.11. The Balaban J connectivity index is 2.05. The first-order valence-electron chi connectivity index (χ1n) is 6.64. The van der Waals surface area contributed by atoms with Gasteiger partial charge in [0.1, 0.15) is 17.2 Å². The lowest BCUT2D eigenvalue weighted by molar-refractivity contribution is 0.603. The van der Waals surface area contributed by atoms with Crippen molar-refractivity contribution in [2.45, 2.75) is 16.3 Å². The number of halogens is 1. The van der Waals surface area contributed by atoms with E-state index in [1.807, 2.05) is 30.3 Å². The number of benzene rings is 2. The molecule has 2 N–H and O–H groups in total. The van der Waals surface area contributed by atoms with Gasteiger partial charge >= 0.3 is 0 Å². The second-order valence-electron chi connectivity index (χ2n) is 4.55. The van der Waals surface area contributed by atoms with Gasteiger partial charge < -0.3 is 5.73 Å². The first-order valence-corrected chi connectivity index (χ1v) is 7.46. The molecule has 0 unspecified atom stereocenters. The molecule has 3 rings (SSSR count). The van der Waals surface area contributed by atoms with Gasteiger partial charge in [0.05, 0.1) is 5.52 Å². The van der Waals surface area contributed by atoms with Crippen LogP contribution in [0.4, 0.5) is 4.39 Å². The molecule has 2 aromatic carbocycles. The summed E-state index contributed by atoms with van der Waals surface area (Å²) in [5.41, 5.74) is 7.11. The first-order chi connectivity index (χ1) is 10.3. The number of aromatic nitrogens is 2. The molecule has 0 aliphatic heterocycles. The van der Waals surface area contributed by atoms with Gasteiger partial charge in [-0.1, -0.05) is 36.0 Å². The monoisotopic (exact) mass is 299 g/mol. The van der Waals surface area contributed by atoms with Crippen molar-refractivity contribution >= 4 is 22.7 Å². The molecule has 1 aromatic heterocycles. The van der Waals surface area contributed by atoms with Gasteiger partial charge in [-0.05, 0) is 31.2 Å². The van der Waals surface area contributed by atoms with Gasteiger partial charge in [-0.25, -0.2) is 14.4 Å². The summed E-state index contributed by atoms with van der Waals surface area (Å²) in [6.45, 7) is 0.416. The number of nitrogens with two attached hydrogens (primary N) is 1. The molecule has 0 saturated heterocycles. The van der Waals surface area contributed by atoms with E-state index in [9.17, 15) is 4.39 Å². The van der Waals surface area contributed by atoms with E-state index in [0.29, 0.717) is 18.5 Å². The van der Waals surface area contributed by atoms with Crippen molar-refractivity contribution in [1.29, 1.82) is 0 Å². The third-order valence-electron chi connectivity index (χ3n) is 3.18. The smallest absolute Gasteiger partial charge is 0.127 e. The molecule has 3 nitrogen and oxygen atoms in total. The van der Waals surface area contributed by atoms with Crippen molar-refractivity contribution in [2.24, 2.45) is 5.73 Å². The fourth-order valence-electron chi connectivity index (χ4n) is 2.19. The second-order valence-corrected chi connectivity index (χ2v) is 5.58. The van der Waals surface area contributed by atoms with E-state index in [1.165, 1.54) is 24.2 Å². The number of hydrogen-bond acceptors (Lipinski definition) is 4. The minimum absolute atomic E-state index is 0.219. The number of para-hydroxylation sites is 1. The van der Waals surface area contributed by atoms with Gasteiger partial charge in [-0.2, -0.15) is 0 Å². The van der Waals surface area contributed by atoms with Crippen LogP contribution in [-0.4, -0.2) is 16.5 Å². The van der Waals surface area contributed by atoms with Crippen molar-refractivity contribution in [1.82, 2.24) is 9.97 Å². The number of rotatable bonds is 4. The van der Waals surface area contributed by atoms with E-state index in [0.717, 1.165) is 20.8 Å². The van der Waals surface area contributed by atoms with E-state index in [2.05, 4.69) is 9.97 Å². The lowest BCUT2D eigenvalue weighted by Crippen LogP contribution is -2.05. The normalized spacial score (nSPS) is 11.0. The zero-order chi connectivity index (χ0) is 14.7. The van der Waals surface area contributed by atoms with Crippen LogP contribution in [0.5, 0.6) is 0 Å². The number of hydrogen-bond donors (Lipinski definition) is 1. The Kier molecular flexibility index (Phi) is 4.13. The fourth-order valence-corrected chi connectivity index (χ4v) is 3.25. The van der Waals surface area contributed by atoms with Gasteiger partial charge in [0.25, 0.3) is 0 Å². The topological polar surface area (TPSA) is 51.8 Å². The summed E-state index contributed by atoms with van der Waals surface area (Å²) in [5, 5.41) is 1.79. The molecule has 21 heavy (non-hydrogen) atoms. The number of fused-ring (bicyclic) bond motifs is 1. The zero-order valence-corrected chi connectivity index (χ0v) is 12.1. The van der Waals surface area contributed by atoms with Crippen molar-refractivity contribution in [3.63, 3.8) is 0 Å². The summed E-state index contributed by atoms with van der Waals surface area (Å²) < 4.78 is 14.0. The Bertz CT molecular complexity index is 771. The van der Waals surface area contributed by atoms with E-state index in [1.54, 1.807) is 6.07 Å². The van der Waals surface area contributed by atoms with Gasteiger partial charge in [-0.15, -0.1) is 0 Å². The van der Waals surface area contributed by atoms with E-state index < -0.39 is 0 Å². The van der Waals surface area contributed by atoms with Crippen molar-refractivity contribution < 1.29 is 4.39 Å². The Morgan fingerprint density at radius 2 is 1.90 bits per heavy atom. The lowest BCUT2D eigenvalue weighted by Gasteiger charge is -2.10. The maximum atomic E-state index is 14.0. The highest BCUT2D eigenvalue weighted by atomic mass is 32.2. The molecule has 5 heteroatoms. The SMILES string of the molecule is NCCc1c(F)cccc1Sc1ncnc2ccccc12. The predicted molar refractivity (Wildman–Crippen MR) is 82.8 cm³/mol. The summed E-state index contributed by atoms with van der Waals surface area (Å²) >= 11 is 1.45. The highest BCUT2D eigenvalue weighted by molar-refractivity contribution is 7.99. The van der Waals surface area contributed by atoms with Crippen molar-refractivity contribution in [3.05, 3.63) is 60.2 Å². The van der Waals surface area contributed by atoms with Crippen LogP contribution in [0.1, 0.15) is 5.56 Å². The fraction of sp³-hybridized carbons (Fsp3) is 0.125. The zero-order valence-electron chi connectivity index (χ0n) is 11.3. The maximum absolute atomic E-state index is 14.0. The van der Waals surface area contributed by atoms with E-state index in [4.69, 9.17) is 5.73 Å². The second kappa shape index (κ2) is 6.20. The van der Waals surface area contributed by atoms with Crippen LogP contribution in [0, 0.1) is 5.82 Å². The summed E-state index contributed by atoms with van der Waals surface area (Å²) in [6, 6.07) is 12.9. The van der Waals surface area contributed by atoms with Crippen LogP contribution < -0.4 is 5.73 Å². The molecule has 0 saturated carbocycles. The Labute approximate surface area is 126 Å². The minimum Gasteiger partial charge on any atom is -0.330 e. The molecule has 0 aliphatic carbocycles. The van der Waals surface area contributed by atoms with E-state index >= 15 is 0 Å². The van der Waals surface area contributed by atoms with Crippen LogP contribution in [-0.2, 0) is 6.42 Å². The van der Waals surface area contributed by atoms with Gasteiger partial charge in [-0.3, -0.25) is 0 Å². The Morgan fingerprint density at radius 3 is 2.76 bits per heavy atom. The molecule has 0 bridgehead atoms. The average molecular weight is 299 g/mol. The average Bonchev–Trinajstić information content (AvgIpc) is 2.51. The molecular weight excluding hydrogens is 285 g/mol. The standard InChI is InChI=1S/C16H14FN3S/c17-13-5-3-7-15(11(13)8-9-18)21-16-12-4-1-2-6-14(12)19-10-20-16/h1-7,10H,8-9,18H2. The molecule has 0 spiro atoms. The minimum atomic E-state index is -0.219. The Morgan fingerprint density at radius 1 is 1.05 bits per heavy atom. The maximum Gasteiger partial charge on any atom is 0.127 e. The third kappa shape index (κ3) is 2.89. The molecule has 0 radical (unpaired) electrons. The van der Waals surface area contributed by atoms with Crippen LogP contribution in [0.3, 0.4) is 0 Å². The molecular formula is C16H14FN3S. The van der Waals surface area contributed by atoms with Gasteiger partial charge in [0.15, 0.2) is 0 Å². The first kappa shape index (κ1) is 14.0. The summed E-state index contributed by atoms with van der Waals surface area (Å²) in [5.74, 6) is -0.219.